The van der Waals surface area contributed by atoms with Crippen LogP contribution in [-0.4, -0.2) is 5.91 Å². The summed E-state index contributed by atoms with van der Waals surface area (Å²) in [5.74, 6) is -0.218. The zero-order chi connectivity index (χ0) is 18.5. The number of thioether (sulfide) groups is 1. The number of halogens is 1. The summed E-state index contributed by atoms with van der Waals surface area (Å²) in [7, 11) is 0. The molecule has 0 fully saturated rings. The van der Waals surface area contributed by atoms with Gasteiger partial charge in [-0.2, -0.15) is 4.73 Å². The minimum absolute atomic E-state index is 0.218. The number of benzene rings is 2. The van der Waals surface area contributed by atoms with Gasteiger partial charge in [0.25, 0.3) is 5.03 Å². The Balaban J connectivity index is 1.88. The Bertz CT molecular complexity index is 919. The molecule has 26 heavy (non-hydrogen) atoms. The van der Waals surface area contributed by atoms with Crippen LogP contribution in [0, 0.1) is 12.1 Å². The van der Waals surface area contributed by atoms with Gasteiger partial charge in [0, 0.05) is 22.8 Å². The van der Waals surface area contributed by atoms with Gasteiger partial charge in [-0.15, -0.1) is 0 Å². The highest BCUT2D eigenvalue weighted by Crippen LogP contribution is 2.34. The number of carbonyl (C=O) groups is 1. The zero-order valence-corrected chi connectivity index (χ0v) is 15.6. The number of pyridine rings is 1. The van der Waals surface area contributed by atoms with Crippen LogP contribution in [0.1, 0.15) is 16.4 Å². The second-order valence-electron chi connectivity index (χ2n) is 5.73. The van der Waals surface area contributed by atoms with Crippen LogP contribution in [0.15, 0.2) is 78.0 Å². The lowest BCUT2D eigenvalue weighted by atomic mass is 10.1. The van der Waals surface area contributed by atoms with E-state index in [1.54, 1.807) is 24.3 Å². The predicted octanol–water partition coefficient (Wildman–Crippen LogP) is 4.75. The average molecular weight is 385 g/mol. The second kappa shape index (κ2) is 8.25. The van der Waals surface area contributed by atoms with E-state index in [0.29, 0.717) is 15.7 Å². The number of amides is 1. The highest BCUT2D eigenvalue weighted by Gasteiger charge is 2.25. The van der Waals surface area contributed by atoms with Crippen molar-refractivity contribution in [1.29, 1.82) is 0 Å². The van der Waals surface area contributed by atoms with E-state index in [0.717, 1.165) is 15.9 Å². The molecule has 1 N–H and O–H groups in total. The lowest BCUT2D eigenvalue weighted by molar-refractivity contribution is -0.645. The van der Waals surface area contributed by atoms with Gasteiger partial charge in [-0.05, 0) is 48.0 Å². The summed E-state index contributed by atoms with van der Waals surface area (Å²) in [6.45, 7) is 1.90. The van der Waals surface area contributed by atoms with E-state index in [1.165, 1.54) is 18.0 Å². The first-order chi connectivity index (χ1) is 12.5. The van der Waals surface area contributed by atoms with Gasteiger partial charge in [0.05, 0.1) is 0 Å². The number of carbonyl (C=O) groups excluding carboxylic acids is 1. The summed E-state index contributed by atoms with van der Waals surface area (Å²) >= 11 is 7.35. The van der Waals surface area contributed by atoms with Crippen LogP contribution >= 0.6 is 23.4 Å². The summed E-state index contributed by atoms with van der Waals surface area (Å²) < 4.78 is 0.761. The number of rotatable bonds is 5. The Hall–Kier alpha value is -2.50. The number of nitrogens with zero attached hydrogens (tertiary/aromatic N) is 1. The Kier molecular flexibility index (Phi) is 5.81. The number of aryl methyl sites for hydroxylation is 1. The van der Waals surface area contributed by atoms with Crippen LogP contribution < -0.4 is 10.0 Å². The Morgan fingerprint density at radius 2 is 1.85 bits per heavy atom. The molecule has 0 saturated heterocycles. The fraction of sp³-hybridized carbons (Fsp3) is 0.100. The summed E-state index contributed by atoms with van der Waals surface area (Å²) in [5, 5.41) is 15.4. The van der Waals surface area contributed by atoms with Crippen LogP contribution in [0.4, 0.5) is 5.69 Å². The van der Waals surface area contributed by atoms with Crippen LogP contribution in [0.2, 0.25) is 5.02 Å². The standard InChI is InChI=1S/C20H17ClN2O2S/c1-14-10-11-16(13-17(14)21)22-20(24)19(15-7-3-2-4-8-15)26-18-9-5-6-12-23(18)25/h2-13,19H,1H3,(H,22,24)/t19-/m0/s1. The van der Waals surface area contributed by atoms with E-state index in [9.17, 15) is 10.0 Å². The predicted molar refractivity (Wildman–Crippen MR) is 105 cm³/mol. The largest absolute Gasteiger partial charge is 0.618 e. The SMILES string of the molecule is Cc1ccc(NC(=O)[C@@H](Sc2cccc[n+]2[O-])c2ccccc2)cc1Cl. The van der Waals surface area contributed by atoms with Crippen LogP contribution in [0.25, 0.3) is 0 Å². The van der Waals surface area contributed by atoms with Crippen molar-refractivity contribution in [2.24, 2.45) is 0 Å². The smallest absolute Gasteiger partial charge is 0.252 e. The highest BCUT2D eigenvalue weighted by molar-refractivity contribution is 8.00. The average Bonchev–Trinajstić information content (AvgIpc) is 2.64. The molecule has 0 bridgehead atoms. The minimum atomic E-state index is -0.570. The van der Waals surface area contributed by atoms with E-state index < -0.39 is 5.25 Å². The highest BCUT2D eigenvalue weighted by atomic mass is 35.5. The molecule has 0 aliphatic carbocycles. The quantitative estimate of drug-likeness (QED) is 0.392. The van der Waals surface area contributed by atoms with E-state index in [1.807, 2.05) is 49.4 Å². The monoisotopic (exact) mass is 384 g/mol. The first-order valence-electron chi connectivity index (χ1n) is 8.01. The molecular formula is C20H17ClN2O2S. The summed E-state index contributed by atoms with van der Waals surface area (Å²) in [4.78, 5) is 12.9. The molecule has 1 aromatic heterocycles. The van der Waals surface area contributed by atoms with Crippen molar-refractivity contribution in [3.05, 3.63) is 94.3 Å². The molecule has 0 aliphatic heterocycles. The molecule has 6 heteroatoms. The fourth-order valence-corrected chi connectivity index (χ4v) is 3.61. The van der Waals surface area contributed by atoms with Crippen molar-refractivity contribution in [1.82, 2.24) is 0 Å². The normalized spacial score (nSPS) is 11.8. The fourth-order valence-electron chi connectivity index (χ4n) is 2.40. The molecule has 4 nitrogen and oxygen atoms in total. The molecule has 132 valence electrons. The van der Waals surface area contributed by atoms with Crippen LogP contribution in [-0.2, 0) is 4.79 Å². The van der Waals surface area contributed by atoms with Crippen molar-refractivity contribution in [2.45, 2.75) is 17.2 Å². The lowest BCUT2D eigenvalue weighted by Gasteiger charge is -2.16. The number of nitrogens with one attached hydrogen (secondary N) is 1. The Morgan fingerprint density at radius 1 is 1.12 bits per heavy atom. The van der Waals surface area contributed by atoms with E-state index in [4.69, 9.17) is 11.6 Å². The third kappa shape index (κ3) is 4.36. The number of hydrogen-bond donors (Lipinski definition) is 1. The second-order valence-corrected chi connectivity index (χ2v) is 7.26. The molecule has 1 atom stereocenters. The first kappa shape index (κ1) is 18.3. The first-order valence-corrected chi connectivity index (χ1v) is 9.27. The Morgan fingerprint density at radius 3 is 2.54 bits per heavy atom. The number of aromatic nitrogens is 1. The molecule has 0 aliphatic rings. The van der Waals surface area contributed by atoms with E-state index in [2.05, 4.69) is 5.32 Å². The van der Waals surface area contributed by atoms with E-state index >= 15 is 0 Å². The molecule has 1 amide bonds. The zero-order valence-electron chi connectivity index (χ0n) is 14.1. The van der Waals surface area contributed by atoms with Crippen LogP contribution in [0.3, 0.4) is 0 Å². The van der Waals surface area contributed by atoms with Crippen molar-refractivity contribution in [2.75, 3.05) is 5.32 Å². The van der Waals surface area contributed by atoms with Gasteiger partial charge < -0.3 is 10.5 Å². The lowest BCUT2D eigenvalue weighted by Crippen LogP contribution is -2.29. The van der Waals surface area contributed by atoms with Gasteiger partial charge in [0.15, 0.2) is 6.20 Å². The van der Waals surface area contributed by atoms with Crippen molar-refractivity contribution in [3.63, 3.8) is 0 Å². The molecule has 0 spiro atoms. The maximum atomic E-state index is 12.9. The van der Waals surface area contributed by atoms with Crippen molar-refractivity contribution < 1.29 is 9.52 Å². The molecular weight excluding hydrogens is 368 g/mol. The molecule has 3 aromatic rings. The van der Waals surface area contributed by atoms with Gasteiger partial charge >= 0.3 is 0 Å². The molecule has 2 aromatic carbocycles. The molecule has 0 radical (unpaired) electrons. The van der Waals surface area contributed by atoms with Gasteiger partial charge in [-0.1, -0.05) is 48.0 Å². The topological polar surface area (TPSA) is 56.0 Å². The molecule has 3 rings (SSSR count). The summed E-state index contributed by atoms with van der Waals surface area (Å²) in [5.41, 5.74) is 2.38. The summed E-state index contributed by atoms with van der Waals surface area (Å²) in [6.07, 6.45) is 1.42. The summed E-state index contributed by atoms with van der Waals surface area (Å²) in [6, 6.07) is 19.9. The maximum absolute atomic E-state index is 12.9. The maximum Gasteiger partial charge on any atom is 0.252 e. The minimum Gasteiger partial charge on any atom is -0.618 e. The van der Waals surface area contributed by atoms with Gasteiger partial charge in [0.1, 0.15) is 5.25 Å². The third-order valence-electron chi connectivity index (χ3n) is 3.81. The Labute approximate surface area is 161 Å². The van der Waals surface area contributed by atoms with Gasteiger partial charge in [-0.3, -0.25) is 4.79 Å². The van der Waals surface area contributed by atoms with E-state index in [-0.39, 0.29) is 5.91 Å². The van der Waals surface area contributed by atoms with Crippen molar-refractivity contribution in [3.8, 4) is 0 Å². The van der Waals surface area contributed by atoms with Gasteiger partial charge in [0.2, 0.25) is 5.91 Å². The van der Waals surface area contributed by atoms with Gasteiger partial charge in [-0.25, -0.2) is 0 Å². The molecule has 1 heterocycles. The molecule has 0 saturated carbocycles. The third-order valence-corrected chi connectivity index (χ3v) is 5.49. The van der Waals surface area contributed by atoms with Crippen molar-refractivity contribution >= 4 is 35.0 Å². The number of anilines is 1. The van der Waals surface area contributed by atoms with Crippen LogP contribution in [0.5, 0.6) is 0 Å². The molecule has 0 unspecified atom stereocenters. The number of hydrogen-bond acceptors (Lipinski definition) is 3.